The molecule has 0 aromatic carbocycles. The van der Waals surface area contributed by atoms with Gasteiger partial charge in [0.2, 0.25) is 0 Å². The molecular formula is C17H27BrN4O. The largest absolute Gasteiger partial charge is 0.388 e. The molecule has 0 aliphatic heterocycles. The van der Waals surface area contributed by atoms with Crippen molar-refractivity contribution in [3.63, 3.8) is 0 Å². The molecular weight excluding hydrogens is 356 g/mol. The van der Waals surface area contributed by atoms with Gasteiger partial charge in [-0.15, -0.1) is 0 Å². The van der Waals surface area contributed by atoms with E-state index >= 15 is 0 Å². The van der Waals surface area contributed by atoms with E-state index in [-0.39, 0.29) is 0 Å². The van der Waals surface area contributed by atoms with Crippen LogP contribution in [0.25, 0.3) is 0 Å². The lowest BCUT2D eigenvalue weighted by Crippen LogP contribution is -2.29. The first kappa shape index (κ1) is 19.8. The smallest absolute Gasteiger partial charge is 0.106 e. The Morgan fingerprint density at radius 1 is 1.22 bits per heavy atom. The van der Waals surface area contributed by atoms with E-state index in [9.17, 15) is 5.11 Å². The van der Waals surface area contributed by atoms with E-state index in [0.29, 0.717) is 18.5 Å². The number of aliphatic hydroxyl groups is 1. The Kier molecular flexibility index (Phi) is 8.44. The highest BCUT2D eigenvalue weighted by Gasteiger charge is 2.11. The molecule has 0 bridgehead atoms. The van der Waals surface area contributed by atoms with Gasteiger partial charge in [0.1, 0.15) is 4.60 Å². The van der Waals surface area contributed by atoms with E-state index in [1.54, 1.807) is 10.9 Å². The Morgan fingerprint density at radius 3 is 2.30 bits per heavy atom. The maximum absolute atomic E-state index is 9.97. The fourth-order valence-corrected chi connectivity index (χ4v) is 2.54. The SMILES string of the molecule is CC(C)NC(C)C.Cn1cc(C(O)Cc2cccc(Br)n2)cn1. The van der Waals surface area contributed by atoms with Gasteiger partial charge in [0.05, 0.1) is 12.3 Å². The monoisotopic (exact) mass is 382 g/mol. The number of aromatic nitrogens is 3. The fourth-order valence-electron chi connectivity index (χ4n) is 2.16. The van der Waals surface area contributed by atoms with Gasteiger partial charge >= 0.3 is 0 Å². The number of hydrogen-bond acceptors (Lipinski definition) is 4. The highest BCUT2D eigenvalue weighted by Crippen LogP contribution is 2.17. The normalized spacial score (nSPS) is 12.2. The van der Waals surface area contributed by atoms with Gasteiger partial charge in [-0.3, -0.25) is 4.68 Å². The summed E-state index contributed by atoms with van der Waals surface area (Å²) in [5, 5.41) is 17.3. The van der Waals surface area contributed by atoms with E-state index in [2.05, 4.69) is 59.0 Å². The van der Waals surface area contributed by atoms with Crippen LogP contribution in [0.2, 0.25) is 0 Å². The van der Waals surface area contributed by atoms with Crippen LogP contribution >= 0.6 is 15.9 Å². The number of halogens is 1. The molecule has 128 valence electrons. The Bertz CT molecular complexity index is 577. The molecule has 0 aliphatic carbocycles. The highest BCUT2D eigenvalue weighted by atomic mass is 79.9. The van der Waals surface area contributed by atoms with Crippen molar-refractivity contribution in [3.8, 4) is 0 Å². The Morgan fingerprint density at radius 2 is 1.87 bits per heavy atom. The summed E-state index contributed by atoms with van der Waals surface area (Å²) < 4.78 is 2.45. The van der Waals surface area contributed by atoms with Gasteiger partial charge in [-0.25, -0.2) is 4.98 Å². The fraction of sp³-hybridized carbons (Fsp3) is 0.529. The molecule has 0 aliphatic rings. The molecule has 6 heteroatoms. The van der Waals surface area contributed by atoms with E-state index < -0.39 is 6.10 Å². The predicted molar refractivity (Wildman–Crippen MR) is 97.2 cm³/mol. The topological polar surface area (TPSA) is 63.0 Å². The zero-order valence-electron chi connectivity index (χ0n) is 14.5. The minimum atomic E-state index is -0.560. The summed E-state index contributed by atoms with van der Waals surface area (Å²) in [5.74, 6) is 0. The molecule has 2 N–H and O–H groups in total. The molecule has 0 fully saturated rings. The van der Waals surface area contributed by atoms with Crippen LogP contribution in [-0.4, -0.2) is 32.0 Å². The highest BCUT2D eigenvalue weighted by molar-refractivity contribution is 9.10. The molecule has 1 atom stereocenters. The molecule has 0 amide bonds. The van der Waals surface area contributed by atoms with Crippen molar-refractivity contribution in [1.82, 2.24) is 20.1 Å². The van der Waals surface area contributed by atoms with Crippen LogP contribution in [0.15, 0.2) is 35.2 Å². The standard InChI is InChI=1S/C11H12BrN3O.C6H15N/c1-15-7-8(6-13-15)10(16)5-9-3-2-4-11(12)14-9;1-5(2)7-6(3)4/h2-4,6-7,10,16H,5H2,1H3;5-7H,1-4H3. The summed E-state index contributed by atoms with van der Waals surface area (Å²) in [5.41, 5.74) is 1.66. The lowest BCUT2D eigenvalue weighted by molar-refractivity contribution is 0.177. The molecule has 5 nitrogen and oxygen atoms in total. The maximum atomic E-state index is 9.97. The number of aryl methyl sites for hydroxylation is 1. The third-order valence-electron chi connectivity index (χ3n) is 2.95. The average molecular weight is 383 g/mol. The van der Waals surface area contributed by atoms with E-state index in [1.807, 2.05) is 31.4 Å². The number of hydrogen-bond donors (Lipinski definition) is 2. The third-order valence-corrected chi connectivity index (χ3v) is 3.39. The summed E-state index contributed by atoms with van der Waals surface area (Å²) in [7, 11) is 1.83. The second kappa shape index (κ2) is 9.80. The molecule has 2 rings (SSSR count). The molecule has 0 saturated carbocycles. The second-order valence-corrected chi connectivity index (χ2v) is 6.91. The lowest BCUT2D eigenvalue weighted by atomic mass is 10.1. The van der Waals surface area contributed by atoms with Crippen molar-refractivity contribution < 1.29 is 5.11 Å². The van der Waals surface area contributed by atoms with Crippen LogP contribution in [0.1, 0.15) is 45.1 Å². The maximum Gasteiger partial charge on any atom is 0.106 e. The first-order chi connectivity index (χ1) is 10.8. The molecule has 2 aromatic heterocycles. The average Bonchev–Trinajstić information content (AvgIpc) is 2.84. The van der Waals surface area contributed by atoms with Gasteiger partial charge in [-0.2, -0.15) is 5.10 Å². The van der Waals surface area contributed by atoms with Gasteiger partial charge in [-0.05, 0) is 28.1 Å². The first-order valence-electron chi connectivity index (χ1n) is 7.82. The van der Waals surface area contributed by atoms with Gasteiger partial charge in [0.15, 0.2) is 0 Å². The third kappa shape index (κ3) is 8.25. The molecule has 0 radical (unpaired) electrons. The van der Waals surface area contributed by atoms with Crippen molar-refractivity contribution in [1.29, 1.82) is 0 Å². The van der Waals surface area contributed by atoms with Crippen molar-refractivity contribution in [3.05, 3.63) is 46.5 Å². The van der Waals surface area contributed by atoms with Crippen molar-refractivity contribution in [2.24, 2.45) is 7.05 Å². The summed E-state index contributed by atoms with van der Waals surface area (Å²) in [4.78, 5) is 4.27. The minimum Gasteiger partial charge on any atom is -0.388 e. The van der Waals surface area contributed by atoms with Crippen LogP contribution in [0, 0.1) is 0 Å². The van der Waals surface area contributed by atoms with Crippen molar-refractivity contribution >= 4 is 15.9 Å². The Hall–Kier alpha value is -1.24. The van der Waals surface area contributed by atoms with Gasteiger partial charge in [0.25, 0.3) is 0 Å². The van der Waals surface area contributed by atoms with E-state index in [1.165, 1.54) is 0 Å². The van der Waals surface area contributed by atoms with Gasteiger partial charge < -0.3 is 10.4 Å². The number of nitrogens with zero attached hydrogens (tertiary/aromatic N) is 3. The Balaban J connectivity index is 0.000000322. The number of pyridine rings is 1. The van der Waals surface area contributed by atoms with Gasteiger partial charge in [-0.1, -0.05) is 33.8 Å². The first-order valence-corrected chi connectivity index (χ1v) is 8.61. The quantitative estimate of drug-likeness (QED) is 0.779. The van der Waals surface area contributed by atoms with Crippen LogP contribution in [0.3, 0.4) is 0 Å². The van der Waals surface area contributed by atoms with Crippen LogP contribution in [0.5, 0.6) is 0 Å². The number of aliphatic hydroxyl groups excluding tert-OH is 1. The molecule has 2 aromatic rings. The van der Waals surface area contributed by atoms with Crippen LogP contribution < -0.4 is 5.32 Å². The summed E-state index contributed by atoms with van der Waals surface area (Å²) >= 11 is 3.30. The summed E-state index contributed by atoms with van der Waals surface area (Å²) in [6.45, 7) is 8.61. The minimum absolute atomic E-state index is 0.491. The lowest BCUT2D eigenvalue weighted by Gasteiger charge is -2.10. The second-order valence-electron chi connectivity index (χ2n) is 6.09. The predicted octanol–water partition coefficient (Wildman–Crippen LogP) is 3.25. The molecule has 1 unspecified atom stereocenters. The zero-order valence-corrected chi connectivity index (χ0v) is 16.1. The number of nitrogens with one attached hydrogen (secondary N) is 1. The molecule has 0 saturated heterocycles. The van der Waals surface area contributed by atoms with E-state index in [0.717, 1.165) is 15.9 Å². The van der Waals surface area contributed by atoms with E-state index in [4.69, 9.17) is 0 Å². The molecule has 0 spiro atoms. The molecule has 2 heterocycles. The zero-order chi connectivity index (χ0) is 17.4. The number of rotatable bonds is 5. The van der Waals surface area contributed by atoms with Gasteiger partial charge in [0, 0.05) is 43.0 Å². The Labute approximate surface area is 147 Å². The van der Waals surface area contributed by atoms with Crippen molar-refractivity contribution in [2.45, 2.75) is 52.3 Å². The summed E-state index contributed by atoms with van der Waals surface area (Å²) in [6.07, 6.45) is 3.41. The summed E-state index contributed by atoms with van der Waals surface area (Å²) in [6, 6.07) is 6.91. The molecule has 23 heavy (non-hydrogen) atoms. The van der Waals surface area contributed by atoms with Crippen molar-refractivity contribution in [2.75, 3.05) is 0 Å². The van der Waals surface area contributed by atoms with Crippen LogP contribution in [-0.2, 0) is 13.5 Å². The van der Waals surface area contributed by atoms with Crippen LogP contribution in [0.4, 0.5) is 0 Å².